The number of carbonyl (C=O) groups is 1. The fourth-order valence-corrected chi connectivity index (χ4v) is 1.58. The molecule has 0 saturated heterocycles. The number of methoxy groups -OCH3 is 2. The number of anilines is 2. The summed E-state index contributed by atoms with van der Waals surface area (Å²) >= 11 is 0. The molecule has 2 rings (SSSR count). The van der Waals surface area contributed by atoms with Gasteiger partial charge in [0, 0.05) is 6.07 Å². The summed E-state index contributed by atoms with van der Waals surface area (Å²) in [5.74, 6) is -0.337. The molecular formula is C13H13N3O4. The van der Waals surface area contributed by atoms with Gasteiger partial charge in [0.15, 0.2) is 0 Å². The molecule has 0 saturated carbocycles. The molecule has 104 valence electrons. The zero-order chi connectivity index (χ0) is 14.5. The predicted molar refractivity (Wildman–Crippen MR) is 71.8 cm³/mol. The molecule has 7 heteroatoms. The van der Waals surface area contributed by atoms with Crippen molar-refractivity contribution in [2.75, 3.05) is 19.5 Å². The first-order chi connectivity index (χ1) is 9.63. The van der Waals surface area contributed by atoms with Gasteiger partial charge in [0.05, 0.1) is 25.5 Å². The normalized spacial score (nSPS) is 9.90. The number of ether oxygens (including phenoxy) is 2. The second-order valence-corrected chi connectivity index (χ2v) is 3.76. The Hall–Kier alpha value is -2.83. The molecule has 0 aliphatic carbocycles. The van der Waals surface area contributed by atoms with Gasteiger partial charge in [-0.3, -0.25) is 0 Å². The molecular weight excluding hydrogens is 262 g/mol. The van der Waals surface area contributed by atoms with Crippen molar-refractivity contribution in [1.82, 2.24) is 9.97 Å². The van der Waals surface area contributed by atoms with E-state index in [1.54, 1.807) is 24.3 Å². The van der Waals surface area contributed by atoms with Crippen LogP contribution in [0.2, 0.25) is 0 Å². The van der Waals surface area contributed by atoms with Crippen molar-refractivity contribution < 1.29 is 19.4 Å². The Morgan fingerprint density at radius 3 is 2.60 bits per heavy atom. The van der Waals surface area contributed by atoms with Crippen molar-refractivity contribution in [3.8, 4) is 11.9 Å². The summed E-state index contributed by atoms with van der Waals surface area (Å²) in [6.45, 7) is 0. The quantitative estimate of drug-likeness (QED) is 0.861. The van der Waals surface area contributed by atoms with Crippen molar-refractivity contribution in [3.05, 3.63) is 35.9 Å². The molecule has 20 heavy (non-hydrogen) atoms. The lowest BCUT2D eigenvalue weighted by atomic mass is 10.2. The van der Waals surface area contributed by atoms with E-state index in [9.17, 15) is 4.79 Å². The topological polar surface area (TPSA) is 93.6 Å². The number of nitrogens with zero attached hydrogens (tertiary/aromatic N) is 2. The minimum atomic E-state index is -1.03. The summed E-state index contributed by atoms with van der Waals surface area (Å²) in [5.41, 5.74) is 0.562. The summed E-state index contributed by atoms with van der Waals surface area (Å²) < 4.78 is 9.98. The van der Waals surface area contributed by atoms with E-state index in [1.807, 2.05) is 0 Å². The fourth-order valence-electron chi connectivity index (χ4n) is 1.58. The van der Waals surface area contributed by atoms with Crippen LogP contribution in [-0.4, -0.2) is 35.3 Å². The van der Waals surface area contributed by atoms with Crippen LogP contribution in [0.5, 0.6) is 11.9 Å². The number of rotatable bonds is 5. The van der Waals surface area contributed by atoms with Gasteiger partial charge in [-0.05, 0) is 12.1 Å². The van der Waals surface area contributed by atoms with Crippen LogP contribution in [0.4, 0.5) is 11.5 Å². The van der Waals surface area contributed by atoms with Crippen LogP contribution in [0.3, 0.4) is 0 Å². The van der Waals surface area contributed by atoms with Crippen molar-refractivity contribution in [1.29, 1.82) is 0 Å². The average molecular weight is 275 g/mol. The number of carboxylic acid groups (broad SMARTS) is 1. The van der Waals surface area contributed by atoms with Gasteiger partial charge < -0.3 is 19.9 Å². The molecule has 0 aliphatic heterocycles. The number of para-hydroxylation sites is 1. The first-order valence-corrected chi connectivity index (χ1v) is 5.70. The van der Waals surface area contributed by atoms with Crippen LogP contribution in [0.15, 0.2) is 30.3 Å². The fraction of sp³-hybridized carbons (Fsp3) is 0.154. The van der Waals surface area contributed by atoms with Crippen molar-refractivity contribution in [3.63, 3.8) is 0 Å². The lowest BCUT2D eigenvalue weighted by Crippen LogP contribution is -2.04. The van der Waals surface area contributed by atoms with Crippen molar-refractivity contribution >= 4 is 17.5 Å². The van der Waals surface area contributed by atoms with Gasteiger partial charge in [-0.25, -0.2) is 4.79 Å². The Morgan fingerprint density at radius 1 is 1.20 bits per heavy atom. The molecule has 0 radical (unpaired) electrons. The summed E-state index contributed by atoms with van der Waals surface area (Å²) in [6.07, 6.45) is 0. The van der Waals surface area contributed by atoms with Gasteiger partial charge in [0.25, 0.3) is 0 Å². The molecule has 0 fully saturated rings. The predicted octanol–water partition coefficient (Wildman–Crippen LogP) is 1.94. The third-order valence-corrected chi connectivity index (χ3v) is 2.49. The maximum Gasteiger partial charge on any atom is 0.337 e. The Balaban J connectivity index is 2.37. The Labute approximate surface area is 115 Å². The largest absolute Gasteiger partial charge is 0.481 e. The van der Waals surface area contributed by atoms with Crippen LogP contribution in [0.25, 0.3) is 0 Å². The molecule has 0 amide bonds. The molecule has 0 bridgehead atoms. The minimum Gasteiger partial charge on any atom is -0.481 e. The SMILES string of the molecule is COc1cc(Nc2ccccc2C(=O)O)nc(OC)n1. The van der Waals surface area contributed by atoms with E-state index in [2.05, 4.69) is 15.3 Å². The van der Waals surface area contributed by atoms with Crippen LogP contribution in [0, 0.1) is 0 Å². The van der Waals surface area contributed by atoms with Gasteiger partial charge in [-0.2, -0.15) is 9.97 Å². The molecule has 0 spiro atoms. The van der Waals surface area contributed by atoms with Gasteiger partial charge >= 0.3 is 12.0 Å². The zero-order valence-corrected chi connectivity index (χ0v) is 11.0. The van der Waals surface area contributed by atoms with Gasteiger partial charge in [0.2, 0.25) is 5.88 Å². The highest BCUT2D eigenvalue weighted by atomic mass is 16.5. The van der Waals surface area contributed by atoms with Crippen LogP contribution >= 0.6 is 0 Å². The molecule has 2 N–H and O–H groups in total. The van der Waals surface area contributed by atoms with Crippen LogP contribution < -0.4 is 14.8 Å². The summed E-state index contributed by atoms with van der Waals surface area (Å²) in [4.78, 5) is 19.2. The zero-order valence-electron chi connectivity index (χ0n) is 11.0. The molecule has 1 aromatic carbocycles. The average Bonchev–Trinajstić information content (AvgIpc) is 2.47. The van der Waals surface area contributed by atoms with Crippen molar-refractivity contribution in [2.24, 2.45) is 0 Å². The van der Waals surface area contributed by atoms with E-state index in [0.717, 1.165) is 0 Å². The van der Waals surface area contributed by atoms with Gasteiger partial charge in [-0.15, -0.1) is 0 Å². The molecule has 0 atom stereocenters. The lowest BCUT2D eigenvalue weighted by molar-refractivity contribution is 0.0698. The number of carboxylic acids is 1. The molecule has 7 nitrogen and oxygen atoms in total. The number of nitrogens with one attached hydrogen (secondary N) is 1. The third-order valence-electron chi connectivity index (χ3n) is 2.49. The minimum absolute atomic E-state index is 0.125. The van der Waals surface area contributed by atoms with Gasteiger partial charge in [-0.1, -0.05) is 12.1 Å². The van der Waals surface area contributed by atoms with Crippen LogP contribution in [-0.2, 0) is 0 Å². The molecule has 0 unspecified atom stereocenters. The number of aromatic carboxylic acids is 1. The maximum absolute atomic E-state index is 11.1. The van der Waals surface area contributed by atoms with E-state index >= 15 is 0 Å². The van der Waals surface area contributed by atoms with E-state index in [4.69, 9.17) is 14.6 Å². The number of aromatic nitrogens is 2. The lowest BCUT2D eigenvalue weighted by Gasteiger charge is -2.10. The van der Waals surface area contributed by atoms with Crippen LogP contribution in [0.1, 0.15) is 10.4 Å². The number of hydrogen-bond acceptors (Lipinski definition) is 6. The monoisotopic (exact) mass is 275 g/mol. The van der Waals surface area contributed by atoms with Gasteiger partial charge in [0.1, 0.15) is 5.82 Å². The maximum atomic E-state index is 11.1. The summed E-state index contributed by atoms with van der Waals surface area (Å²) in [6, 6.07) is 8.19. The molecule has 1 heterocycles. The molecule has 1 aromatic heterocycles. The Kier molecular flexibility index (Phi) is 3.99. The molecule has 0 aliphatic rings. The van der Waals surface area contributed by atoms with E-state index < -0.39 is 5.97 Å². The number of benzene rings is 1. The highest BCUT2D eigenvalue weighted by Crippen LogP contribution is 2.23. The smallest absolute Gasteiger partial charge is 0.337 e. The third kappa shape index (κ3) is 2.94. The Morgan fingerprint density at radius 2 is 1.95 bits per heavy atom. The van der Waals surface area contributed by atoms with E-state index in [1.165, 1.54) is 20.3 Å². The number of hydrogen-bond donors (Lipinski definition) is 2. The van der Waals surface area contributed by atoms with E-state index in [0.29, 0.717) is 17.4 Å². The summed E-state index contributed by atoms with van der Waals surface area (Å²) in [5, 5.41) is 12.0. The molecule has 2 aromatic rings. The van der Waals surface area contributed by atoms with Crippen molar-refractivity contribution in [2.45, 2.75) is 0 Å². The second kappa shape index (κ2) is 5.87. The Bertz CT molecular complexity index is 609. The highest BCUT2D eigenvalue weighted by Gasteiger charge is 2.11. The van der Waals surface area contributed by atoms with E-state index in [-0.39, 0.29) is 11.6 Å². The highest BCUT2D eigenvalue weighted by molar-refractivity contribution is 5.94. The second-order valence-electron chi connectivity index (χ2n) is 3.76. The first kappa shape index (κ1) is 13.6. The summed E-state index contributed by atoms with van der Waals surface area (Å²) in [7, 11) is 2.90. The standard InChI is InChI=1S/C13H13N3O4/c1-19-11-7-10(15-13(16-11)20-2)14-9-6-4-3-5-8(9)12(17)18/h3-7H,1-2H3,(H,17,18)(H,14,15,16). The first-order valence-electron chi connectivity index (χ1n) is 5.70.